The van der Waals surface area contributed by atoms with Gasteiger partial charge in [-0.1, -0.05) is 15.9 Å². The maximum Gasteiger partial charge on any atom is 0.223 e. The number of nitrogens with zero attached hydrogens (tertiary/aromatic N) is 1. The van der Waals surface area contributed by atoms with Gasteiger partial charge < -0.3 is 10.0 Å². The molecule has 1 aliphatic heterocycles. The number of aliphatic hydroxyl groups excluding tert-OH is 1. The van der Waals surface area contributed by atoms with Crippen LogP contribution in [0.5, 0.6) is 0 Å². The molecule has 5 heteroatoms. The van der Waals surface area contributed by atoms with Crippen molar-refractivity contribution in [3.63, 3.8) is 0 Å². The second kappa shape index (κ2) is 5.89. The van der Waals surface area contributed by atoms with E-state index in [-0.39, 0.29) is 12.0 Å². The molecule has 2 rings (SSSR count). The van der Waals surface area contributed by atoms with Crippen molar-refractivity contribution in [3.05, 3.63) is 28.7 Å². The number of carbonyl (C=O) groups is 1. The SMILES string of the molecule is O=C(CCSc1ccc(Br)cc1)N1CC(O)C1. The van der Waals surface area contributed by atoms with Crippen LogP contribution in [0.4, 0.5) is 0 Å². The van der Waals surface area contributed by atoms with Gasteiger partial charge in [-0.05, 0) is 24.3 Å². The molecule has 1 heterocycles. The van der Waals surface area contributed by atoms with Crippen molar-refractivity contribution < 1.29 is 9.90 Å². The molecule has 92 valence electrons. The smallest absolute Gasteiger partial charge is 0.223 e. The van der Waals surface area contributed by atoms with Crippen LogP contribution >= 0.6 is 27.7 Å². The Morgan fingerprint density at radius 3 is 2.65 bits per heavy atom. The minimum Gasteiger partial charge on any atom is -0.389 e. The molecule has 0 saturated carbocycles. The lowest BCUT2D eigenvalue weighted by Gasteiger charge is -2.35. The van der Waals surface area contributed by atoms with Gasteiger partial charge in [0.1, 0.15) is 0 Å². The molecule has 1 fully saturated rings. The summed E-state index contributed by atoms with van der Waals surface area (Å²) < 4.78 is 1.06. The zero-order chi connectivity index (χ0) is 12.3. The van der Waals surface area contributed by atoms with Crippen LogP contribution in [-0.4, -0.2) is 40.9 Å². The third kappa shape index (κ3) is 3.72. The van der Waals surface area contributed by atoms with Crippen LogP contribution in [0, 0.1) is 0 Å². The van der Waals surface area contributed by atoms with Crippen LogP contribution in [0.1, 0.15) is 6.42 Å². The summed E-state index contributed by atoms with van der Waals surface area (Å²) in [6, 6.07) is 8.06. The number of hydrogen-bond acceptors (Lipinski definition) is 3. The average molecular weight is 316 g/mol. The lowest BCUT2D eigenvalue weighted by molar-refractivity contribution is -0.140. The van der Waals surface area contributed by atoms with Crippen LogP contribution in [0.2, 0.25) is 0 Å². The minimum absolute atomic E-state index is 0.139. The molecule has 17 heavy (non-hydrogen) atoms. The van der Waals surface area contributed by atoms with Gasteiger partial charge in [-0.25, -0.2) is 0 Å². The second-order valence-corrected chi connectivity index (χ2v) is 6.09. The fourth-order valence-corrected chi connectivity index (χ4v) is 2.71. The van der Waals surface area contributed by atoms with E-state index in [1.54, 1.807) is 16.7 Å². The van der Waals surface area contributed by atoms with E-state index < -0.39 is 0 Å². The van der Waals surface area contributed by atoms with Crippen LogP contribution in [0.15, 0.2) is 33.6 Å². The number of aliphatic hydroxyl groups is 1. The predicted molar refractivity (Wildman–Crippen MR) is 72.1 cm³/mol. The number of β-amino-alcohol motifs (C(OH)–C–C–N with tert-alkyl or cyclic N) is 1. The summed E-state index contributed by atoms with van der Waals surface area (Å²) in [5.41, 5.74) is 0. The highest BCUT2D eigenvalue weighted by Crippen LogP contribution is 2.21. The van der Waals surface area contributed by atoms with Crippen molar-refractivity contribution in [2.24, 2.45) is 0 Å². The highest BCUT2D eigenvalue weighted by Gasteiger charge is 2.27. The van der Waals surface area contributed by atoms with Crippen LogP contribution < -0.4 is 0 Å². The highest BCUT2D eigenvalue weighted by molar-refractivity contribution is 9.10. The number of amides is 1. The van der Waals surface area contributed by atoms with E-state index in [0.717, 1.165) is 10.2 Å². The van der Waals surface area contributed by atoms with Crippen LogP contribution in [0.3, 0.4) is 0 Å². The molecule has 0 aromatic heterocycles. The minimum atomic E-state index is -0.307. The van der Waals surface area contributed by atoms with Gasteiger partial charge >= 0.3 is 0 Å². The molecule has 0 bridgehead atoms. The third-order valence-electron chi connectivity index (χ3n) is 2.61. The van der Waals surface area contributed by atoms with Crippen molar-refractivity contribution in [2.75, 3.05) is 18.8 Å². The molecule has 1 aromatic carbocycles. The molecule has 0 spiro atoms. The Bertz CT molecular complexity index is 390. The number of thioether (sulfide) groups is 1. The van der Waals surface area contributed by atoms with Crippen molar-refractivity contribution in [1.82, 2.24) is 4.90 Å². The first-order valence-corrected chi connectivity index (χ1v) is 7.27. The number of halogens is 1. The number of rotatable bonds is 4. The molecule has 1 N–H and O–H groups in total. The Labute approximate surface area is 113 Å². The first-order chi connectivity index (χ1) is 8.15. The normalized spacial score (nSPS) is 15.8. The van der Waals surface area contributed by atoms with E-state index in [1.165, 1.54) is 4.90 Å². The highest BCUT2D eigenvalue weighted by atomic mass is 79.9. The van der Waals surface area contributed by atoms with Gasteiger partial charge in [0.25, 0.3) is 0 Å². The Kier molecular flexibility index (Phi) is 4.48. The molecule has 0 atom stereocenters. The fraction of sp³-hybridized carbons (Fsp3) is 0.417. The fourth-order valence-electron chi connectivity index (χ4n) is 1.60. The largest absolute Gasteiger partial charge is 0.389 e. The van der Waals surface area contributed by atoms with E-state index >= 15 is 0 Å². The number of likely N-dealkylation sites (tertiary alicyclic amines) is 1. The Morgan fingerprint density at radius 1 is 1.41 bits per heavy atom. The van der Waals surface area contributed by atoms with E-state index in [0.29, 0.717) is 19.5 Å². The number of hydrogen-bond donors (Lipinski definition) is 1. The molecule has 0 unspecified atom stereocenters. The van der Waals surface area contributed by atoms with E-state index in [9.17, 15) is 4.79 Å². The van der Waals surface area contributed by atoms with Crippen LogP contribution in [0.25, 0.3) is 0 Å². The Morgan fingerprint density at radius 2 is 2.06 bits per heavy atom. The predicted octanol–water partition coefficient (Wildman–Crippen LogP) is 2.13. The topological polar surface area (TPSA) is 40.5 Å². The first-order valence-electron chi connectivity index (χ1n) is 5.49. The van der Waals surface area contributed by atoms with Gasteiger partial charge in [0.2, 0.25) is 5.91 Å². The zero-order valence-electron chi connectivity index (χ0n) is 9.30. The van der Waals surface area contributed by atoms with Gasteiger partial charge in [-0.15, -0.1) is 11.8 Å². The summed E-state index contributed by atoms with van der Waals surface area (Å²) in [7, 11) is 0. The maximum absolute atomic E-state index is 11.6. The van der Waals surface area contributed by atoms with Crippen molar-refractivity contribution in [1.29, 1.82) is 0 Å². The van der Waals surface area contributed by atoms with Gasteiger partial charge in [0.15, 0.2) is 0 Å². The number of carbonyl (C=O) groups excluding carboxylic acids is 1. The number of benzene rings is 1. The quantitative estimate of drug-likeness (QED) is 0.865. The summed E-state index contributed by atoms with van der Waals surface area (Å²) in [5.74, 6) is 0.924. The summed E-state index contributed by atoms with van der Waals surface area (Å²) in [6.07, 6.45) is 0.228. The average Bonchev–Trinajstić information content (AvgIpc) is 2.27. The summed E-state index contributed by atoms with van der Waals surface area (Å²) in [5, 5.41) is 9.09. The van der Waals surface area contributed by atoms with E-state index in [4.69, 9.17) is 5.11 Å². The van der Waals surface area contributed by atoms with E-state index in [1.807, 2.05) is 24.3 Å². The molecule has 3 nitrogen and oxygen atoms in total. The van der Waals surface area contributed by atoms with Gasteiger partial charge in [-0.2, -0.15) is 0 Å². The van der Waals surface area contributed by atoms with Crippen molar-refractivity contribution in [3.8, 4) is 0 Å². The third-order valence-corrected chi connectivity index (χ3v) is 4.16. The zero-order valence-corrected chi connectivity index (χ0v) is 11.7. The summed E-state index contributed by atoms with van der Waals surface area (Å²) >= 11 is 5.06. The molecular formula is C12H14BrNO2S. The molecule has 1 aromatic rings. The standard InChI is InChI=1S/C12H14BrNO2S/c13-9-1-3-11(4-2-9)17-6-5-12(16)14-7-10(15)8-14/h1-4,10,15H,5-8H2. The lowest BCUT2D eigenvalue weighted by Crippen LogP contribution is -2.53. The summed E-state index contributed by atoms with van der Waals surface area (Å²) in [4.78, 5) is 14.5. The van der Waals surface area contributed by atoms with Crippen molar-refractivity contribution in [2.45, 2.75) is 17.4 Å². The maximum atomic E-state index is 11.6. The monoisotopic (exact) mass is 315 g/mol. The second-order valence-electron chi connectivity index (χ2n) is 4.00. The van der Waals surface area contributed by atoms with Crippen LogP contribution in [-0.2, 0) is 4.79 Å². The lowest BCUT2D eigenvalue weighted by atomic mass is 10.1. The summed E-state index contributed by atoms with van der Waals surface area (Å²) in [6.45, 7) is 1.00. The molecule has 1 aliphatic rings. The van der Waals surface area contributed by atoms with Crippen molar-refractivity contribution >= 4 is 33.6 Å². The van der Waals surface area contributed by atoms with Gasteiger partial charge in [-0.3, -0.25) is 4.79 Å². The molecule has 1 amide bonds. The molecule has 0 aliphatic carbocycles. The molecule has 0 radical (unpaired) electrons. The Hall–Kier alpha value is -0.520. The van der Waals surface area contributed by atoms with Gasteiger partial charge in [0, 0.05) is 34.6 Å². The van der Waals surface area contributed by atoms with E-state index in [2.05, 4.69) is 15.9 Å². The first kappa shape index (κ1) is 12.9. The molecular weight excluding hydrogens is 302 g/mol. The van der Waals surface area contributed by atoms with Gasteiger partial charge in [0.05, 0.1) is 6.10 Å². The molecule has 1 saturated heterocycles. The Balaban J connectivity index is 1.69.